The van der Waals surface area contributed by atoms with E-state index in [1.807, 2.05) is 25.1 Å². The Kier molecular flexibility index (Phi) is 3.91. The van der Waals surface area contributed by atoms with Crippen LogP contribution in [-0.4, -0.2) is 35.0 Å². The Hall–Kier alpha value is -2.21. The highest BCUT2D eigenvalue weighted by Gasteiger charge is 2.11. The predicted molar refractivity (Wildman–Crippen MR) is 73.6 cm³/mol. The Balaban J connectivity index is 2.22. The van der Waals surface area contributed by atoms with Crippen LogP contribution in [0.25, 0.3) is 0 Å². The summed E-state index contributed by atoms with van der Waals surface area (Å²) in [5, 5.41) is 2.98. The van der Waals surface area contributed by atoms with Crippen LogP contribution in [-0.2, 0) is 0 Å². The third-order valence-corrected chi connectivity index (χ3v) is 2.58. The van der Waals surface area contributed by atoms with Gasteiger partial charge in [-0.3, -0.25) is 9.78 Å². The number of anilines is 2. The van der Waals surface area contributed by atoms with Crippen LogP contribution in [0.15, 0.2) is 30.9 Å². The van der Waals surface area contributed by atoms with Crippen LogP contribution >= 0.6 is 11.6 Å². The molecule has 0 aliphatic heterocycles. The van der Waals surface area contributed by atoms with E-state index in [9.17, 15) is 4.79 Å². The van der Waals surface area contributed by atoms with Gasteiger partial charge < -0.3 is 10.2 Å². The smallest absolute Gasteiger partial charge is 0.275 e. The molecule has 2 aromatic rings. The van der Waals surface area contributed by atoms with Gasteiger partial charge in [-0.15, -0.1) is 0 Å². The fourth-order valence-electron chi connectivity index (χ4n) is 1.49. The third-order valence-electron chi connectivity index (χ3n) is 2.38. The molecule has 2 heterocycles. The summed E-state index contributed by atoms with van der Waals surface area (Å²) in [6.45, 7) is 0. The lowest BCUT2D eigenvalue weighted by molar-refractivity contribution is 0.102. The van der Waals surface area contributed by atoms with Gasteiger partial charge in [0.15, 0.2) is 0 Å². The van der Waals surface area contributed by atoms with Crippen LogP contribution in [0, 0.1) is 0 Å². The number of hydrogen-bond donors (Lipinski definition) is 1. The summed E-state index contributed by atoms with van der Waals surface area (Å²) < 4.78 is 0. The van der Waals surface area contributed by atoms with Gasteiger partial charge in [0.1, 0.15) is 10.8 Å². The Bertz CT molecular complexity index is 585. The highest BCUT2D eigenvalue weighted by molar-refractivity contribution is 6.29. The van der Waals surface area contributed by atoms with Gasteiger partial charge in [0.25, 0.3) is 5.91 Å². The number of rotatable bonds is 3. The molecular formula is C12H12ClN5O. The number of hydrogen-bond acceptors (Lipinski definition) is 5. The van der Waals surface area contributed by atoms with E-state index in [0.29, 0.717) is 5.69 Å². The molecule has 0 bridgehead atoms. The van der Waals surface area contributed by atoms with E-state index in [4.69, 9.17) is 11.6 Å². The summed E-state index contributed by atoms with van der Waals surface area (Å²) in [5.74, 6) is -0.361. The second kappa shape index (κ2) is 5.62. The van der Waals surface area contributed by atoms with Crippen molar-refractivity contribution in [1.82, 2.24) is 15.0 Å². The van der Waals surface area contributed by atoms with Crippen LogP contribution in [0.1, 0.15) is 10.5 Å². The standard InChI is InChI=1S/C12H12ClN5O/c1-18(2)10-3-4-14-5-8(10)17-12(19)9-6-16-11(13)7-15-9/h3-7H,1-2H3,(H,17,19). The molecule has 0 aliphatic carbocycles. The van der Waals surface area contributed by atoms with Gasteiger partial charge in [-0.25, -0.2) is 9.97 Å². The SMILES string of the molecule is CN(C)c1ccncc1NC(=O)c1cnc(Cl)cn1. The first kappa shape index (κ1) is 13.2. The van der Waals surface area contributed by atoms with Crippen molar-refractivity contribution >= 4 is 28.9 Å². The highest BCUT2D eigenvalue weighted by atomic mass is 35.5. The van der Waals surface area contributed by atoms with Gasteiger partial charge in [-0.1, -0.05) is 11.6 Å². The van der Waals surface area contributed by atoms with Gasteiger partial charge in [-0.05, 0) is 6.07 Å². The maximum absolute atomic E-state index is 12.0. The van der Waals surface area contributed by atoms with Crippen LogP contribution < -0.4 is 10.2 Å². The molecule has 19 heavy (non-hydrogen) atoms. The summed E-state index contributed by atoms with van der Waals surface area (Å²) in [6, 6.07) is 1.81. The monoisotopic (exact) mass is 277 g/mol. The Morgan fingerprint density at radius 3 is 2.68 bits per heavy atom. The van der Waals surface area contributed by atoms with Crippen molar-refractivity contribution in [2.45, 2.75) is 0 Å². The summed E-state index contributed by atoms with van der Waals surface area (Å²) in [4.78, 5) is 25.6. The molecular weight excluding hydrogens is 266 g/mol. The van der Waals surface area contributed by atoms with Gasteiger partial charge in [-0.2, -0.15) is 0 Å². The van der Waals surface area contributed by atoms with Gasteiger partial charge in [0, 0.05) is 20.3 Å². The van der Waals surface area contributed by atoms with Crippen molar-refractivity contribution in [2.75, 3.05) is 24.3 Å². The van der Waals surface area contributed by atoms with E-state index in [0.717, 1.165) is 5.69 Å². The number of pyridine rings is 1. The fraction of sp³-hybridized carbons (Fsp3) is 0.167. The molecule has 98 valence electrons. The lowest BCUT2D eigenvalue weighted by Gasteiger charge is -2.16. The van der Waals surface area contributed by atoms with E-state index >= 15 is 0 Å². The second-order valence-corrected chi connectivity index (χ2v) is 4.35. The van der Waals surface area contributed by atoms with Gasteiger partial charge in [0.2, 0.25) is 0 Å². The molecule has 7 heteroatoms. The number of carbonyl (C=O) groups is 1. The largest absolute Gasteiger partial charge is 0.376 e. The van der Waals surface area contributed by atoms with Crippen molar-refractivity contribution in [1.29, 1.82) is 0 Å². The molecule has 0 saturated heterocycles. The normalized spacial score (nSPS) is 10.1. The Morgan fingerprint density at radius 1 is 1.26 bits per heavy atom. The lowest BCUT2D eigenvalue weighted by Crippen LogP contribution is -2.18. The molecule has 6 nitrogen and oxygen atoms in total. The molecule has 1 N–H and O–H groups in total. The van der Waals surface area contributed by atoms with E-state index in [-0.39, 0.29) is 16.8 Å². The van der Waals surface area contributed by atoms with Crippen molar-refractivity contribution in [3.8, 4) is 0 Å². The Labute approximate surface area is 115 Å². The molecule has 0 aliphatic rings. The first-order chi connectivity index (χ1) is 9.08. The fourth-order valence-corrected chi connectivity index (χ4v) is 1.59. The number of nitrogens with zero attached hydrogens (tertiary/aromatic N) is 4. The van der Waals surface area contributed by atoms with Crippen molar-refractivity contribution < 1.29 is 4.79 Å². The molecule has 2 rings (SSSR count). The first-order valence-electron chi connectivity index (χ1n) is 5.48. The number of halogens is 1. The van der Waals surface area contributed by atoms with E-state index < -0.39 is 0 Å². The number of carbonyl (C=O) groups excluding carboxylic acids is 1. The molecule has 0 radical (unpaired) electrons. The number of amides is 1. The van der Waals surface area contributed by atoms with Crippen molar-refractivity contribution in [2.24, 2.45) is 0 Å². The average molecular weight is 278 g/mol. The molecule has 1 amide bonds. The molecule has 0 atom stereocenters. The predicted octanol–water partition coefficient (Wildman–Crippen LogP) is 1.84. The van der Waals surface area contributed by atoms with E-state index in [1.165, 1.54) is 12.4 Å². The van der Waals surface area contributed by atoms with Crippen LogP contribution in [0.5, 0.6) is 0 Å². The Morgan fingerprint density at radius 2 is 2.05 bits per heavy atom. The van der Waals surface area contributed by atoms with Crippen molar-refractivity contribution in [3.05, 3.63) is 41.7 Å². The maximum atomic E-state index is 12.0. The minimum absolute atomic E-state index is 0.193. The van der Waals surface area contributed by atoms with Gasteiger partial charge in [0.05, 0.1) is 30.0 Å². The van der Waals surface area contributed by atoms with E-state index in [1.54, 1.807) is 12.4 Å². The summed E-state index contributed by atoms with van der Waals surface area (Å²) >= 11 is 5.62. The topological polar surface area (TPSA) is 71.0 Å². The summed E-state index contributed by atoms with van der Waals surface area (Å²) in [5.41, 5.74) is 1.65. The molecule has 0 saturated carbocycles. The average Bonchev–Trinajstić information content (AvgIpc) is 2.39. The van der Waals surface area contributed by atoms with Crippen LogP contribution in [0.4, 0.5) is 11.4 Å². The van der Waals surface area contributed by atoms with Crippen LogP contribution in [0.3, 0.4) is 0 Å². The van der Waals surface area contributed by atoms with Crippen LogP contribution in [0.2, 0.25) is 5.15 Å². The number of nitrogens with one attached hydrogen (secondary N) is 1. The molecule has 0 spiro atoms. The van der Waals surface area contributed by atoms with E-state index in [2.05, 4.69) is 20.3 Å². The second-order valence-electron chi connectivity index (χ2n) is 3.97. The highest BCUT2D eigenvalue weighted by Crippen LogP contribution is 2.22. The zero-order valence-corrected chi connectivity index (χ0v) is 11.2. The molecule has 0 fully saturated rings. The van der Waals surface area contributed by atoms with Crippen molar-refractivity contribution in [3.63, 3.8) is 0 Å². The number of aromatic nitrogens is 3. The van der Waals surface area contributed by atoms with Gasteiger partial charge >= 0.3 is 0 Å². The lowest BCUT2D eigenvalue weighted by atomic mass is 10.3. The third kappa shape index (κ3) is 3.17. The summed E-state index contributed by atoms with van der Waals surface area (Å²) in [6.07, 6.45) is 5.89. The maximum Gasteiger partial charge on any atom is 0.275 e. The quantitative estimate of drug-likeness (QED) is 0.927. The summed E-state index contributed by atoms with van der Waals surface area (Å²) in [7, 11) is 3.76. The molecule has 0 aromatic carbocycles. The molecule has 2 aromatic heterocycles. The minimum atomic E-state index is -0.361. The zero-order chi connectivity index (χ0) is 13.8. The first-order valence-corrected chi connectivity index (χ1v) is 5.86. The minimum Gasteiger partial charge on any atom is -0.376 e. The zero-order valence-electron chi connectivity index (χ0n) is 10.5. The molecule has 0 unspecified atom stereocenters.